The van der Waals surface area contributed by atoms with Crippen molar-refractivity contribution in [2.45, 2.75) is 46.1 Å². The number of nitrogens with two attached hydrogens (primary N) is 1. The molecule has 0 fully saturated rings. The smallest absolute Gasteiger partial charge is 0.256 e. The maximum atomic E-state index is 12.4. The molecule has 0 heterocycles. The first kappa shape index (κ1) is 14.6. The van der Waals surface area contributed by atoms with E-state index in [0.717, 1.165) is 25.8 Å². The van der Waals surface area contributed by atoms with Crippen LogP contribution in [0.4, 0.5) is 5.69 Å². The van der Waals surface area contributed by atoms with Gasteiger partial charge in [-0.25, -0.2) is 0 Å². The fraction of sp³-hybridized carbons (Fsp3) is 0.533. The number of benzene rings is 1. The minimum Gasteiger partial charge on any atom is -0.398 e. The number of amides is 1. The molecule has 0 radical (unpaired) electrons. The van der Waals surface area contributed by atoms with Gasteiger partial charge in [0.15, 0.2) is 0 Å². The molecule has 1 amide bonds. The van der Waals surface area contributed by atoms with Crippen LogP contribution in [-0.2, 0) is 0 Å². The van der Waals surface area contributed by atoms with Gasteiger partial charge in [-0.1, -0.05) is 31.9 Å². The SMILES string of the molecule is CCCCCN(C(=O)c1ccccc1N)C(C)C. The summed E-state index contributed by atoms with van der Waals surface area (Å²) in [6.07, 6.45) is 3.36. The van der Waals surface area contributed by atoms with Gasteiger partial charge in [-0.05, 0) is 32.4 Å². The Labute approximate surface area is 110 Å². The fourth-order valence-electron chi connectivity index (χ4n) is 1.97. The summed E-state index contributed by atoms with van der Waals surface area (Å²) < 4.78 is 0. The summed E-state index contributed by atoms with van der Waals surface area (Å²) in [6, 6.07) is 7.48. The molecule has 0 saturated carbocycles. The van der Waals surface area contributed by atoms with Crippen LogP contribution < -0.4 is 5.73 Å². The van der Waals surface area contributed by atoms with Crippen molar-refractivity contribution in [3.05, 3.63) is 29.8 Å². The molecule has 0 aromatic heterocycles. The molecule has 100 valence electrons. The van der Waals surface area contributed by atoms with Crippen LogP contribution in [0.2, 0.25) is 0 Å². The third kappa shape index (κ3) is 3.76. The van der Waals surface area contributed by atoms with Crippen molar-refractivity contribution >= 4 is 11.6 Å². The van der Waals surface area contributed by atoms with Crippen LogP contribution in [0, 0.1) is 0 Å². The van der Waals surface area contributed by atoms with Gasteiger partial charge in [0, 0.05) is 18.3 Å². The second-order valence-corrected chi connectivity index (χ2v) is 4.89. The maximum Gasteiger partial charge on any atom is 0.256 e. The molecule has 1 rings (SSSR count). The van der Waals surface area contributed by atoms with E-state index in [-0.39, 0.29) is 11.9 Å². The molecule has 0 aliphatic carbocycles. The number of carbonyl (C=O) groups excluding carboxylic acids is 1. The molecule has 3 nitrogen and oxygen atoms in total. The first-order chi connectivity index (χ1) is 8.57. The molecule has 0 aliphatic heterocycles. The van der Waals surface area contributed by atoms with Crippen LogP contribution in [0.15, 0.2) is 24.3 Å². The summed E-state index contributed by atoms with van der Waals surface area (Å²) in [5.41, 5.74) is 7.04. The van der Waals surface area contributed by atoms with E-state index < -0.39 is 0 Å². The predicted octanol–water partition coefficient (Wildman–Crippen LogP) is 3.31. The van der Waals surface area contributed by atoms with E-state index in [4.69, 9.17) is 5.73 Å². The average molecular weight is 248 g/mol. The Morgan fingerprint density at radius 1 is 1.28 bits per heavy atom. The highest BCUT2D eigenvalue weighted by molar-refractivity contribution is 5.99. The van der Waals surface area contributed by atoms with Crippen LogP contribution in [0.1, 0.15) is 50.4 Å². The molecule has 0 unspecified atom stereocenters. The van der Waals surface area contributed by atoms with Crippen LogP contribution in [0.5, 0.6) is 0 Å². The van der Waals surface area contributed by atoms with Gasteiger partial charge in [-0.15, -0.1) is 0 Å². The van der Waals surface area contributed by atoms with Crippen molar-refractivity contribution in [1.82, 2.24) is 4.90 Å². The molecule has 2 N–H and O–H groups in total. The summed E-state index contributed by atoms with van der Waals surface area (Å²) in [7, 11) is 0. The molecule has 0 spiro atoms. The van der Waals surface area contributed by atoms with E-state index in [9.17, 15) is 4.79 Å². The summed E-state index contributed by atoms with van der Waals surface area (Å²) in [5, 5.41) is 0. The number of rotatable bonds is 6. The molecule has 0 bridgehead atoms. The number of anilines is 1. The Kier molecular flexibility index (Phi) is 5.69. The highest BCUT2D eigenvalue weighted by Crippen LogP contribution is 2.16. The van der Waals surface area contributed by atoms with E-state index in [1.807, 2.05) is 30.9 Å². The molecule has 18 heavy (non-hydrogen) atoms. The quantitative estimate of drug-likeness (QED) is 0.620. The zero-order chi connectivity index (χ0) is 13.5. The minimum atomic E-state index is 0.0409. The molecule has 0 atom stereocenters. The number of hydrogen-bond acceptors (Lipinski definition) is 2. The predicted molar refractivity (Wildman–Crippen MR) is 76.6 cm³/mol. The Morgan fingerprint density at radius 3 is 2.50 bits per heavy atom. The zero-order valence-corrected chi connectivity index (χ0v) is 11.6. The van der Waals surface area contributed by atoms with Crippen LogP contribution in [0.25, 0.3) is 0 Å². The highest BCUT2D eigenvalue weighted by atomic mass is 16.2. The summed E-state index contributed by atoms with van der Waals surface area (Å²) >= 11 is 0. The second-order valence-electron chi connectivity index (χ2n) is 4.89. The summed E-state index contributed by atoms with van der Waals surface area (Å²) in [5.74, 6) is 0.0409. The fourth-order valence-corrected chi connectivity index (χ4v) is 1.97. The molecule has 1 aromatic carbocycles. The number of para-hydroxylation sites is 1. The standard InChI is InChI=1S/C15H24N2O/c1-4-5-8-11-17(12(2)3)15(18)13-9-6-7-10-14(13)16/h6-7,9-10,12H,4-5,8,11,16H2,1-3H3. The lowest BCUT2D eigenvalue weighted by molar-refractivity contribution is 0.0703. The number of nitrogen functional groups attached to an aromatic ring is 1. The van der Waals surface area contributed by atoms with Crippen molar-refractivity contribution in [2.75, 3.05) is 12.3 Å². The Bertz CT molecular complexity index is 388. The zero-order valence-electron chi connectivity index (χ0n) is 11.6. The largest absolute Gasteiger partial charge is 0.398 e. The molecule has 1 aromatic rings. The Balaban J connectivity index is 2.80. The number of nitrogens with zero attached hydrogens (tertiary/aromatic N) is 1. The first-order valence-corrected chi connectivity index (χ1v) is 6.73. The van der Waals surface area contributed by atoms with Gasteiger partial charge in [0.25, 0.3) is 5.91 Å². The minimum absolute atomic E-state index is 0.0409. The highest BCUT2D eigenvalue weighted by Gasteiger charge is 2.19. The maximum absolute atomic E-state index is 12.4. The van der Waals surface area contributed by atoms with Crippen LogP contribution >= 0.6 is 0 Å². The van der Waals surface area contributed by atoms with Gasteiger partial charge >= 0.3 is 0 Å². The average Bonchev–Trinajstić information content (AvgIpc) is 2.34. The third-order valence-corrected chi connectivity index (χ3v) is 3.08. The van der Waals surface area contributed by atoms with Crippen LogP contribution in [-0.4, -0.2) is 23.4 Å². The number of unbranched alkanes of at least 4 members (excludes halogenated alkanes) is 2. The van der Waals surface area contributed by atoms with E-state index in [2.05, 4.69) is 6.92 Å². The monoisotopic (exact) mass is 248 g/mol. The number of hydrogen-bond donors (Lipinski definition) is 1. The van der Waals surface area contributed by atoms with Gasteiger partial charge in [-0.3, -0.25) is 4.79 Å². The van der Waals surface area contributed by atoms with Gasteiger partial charge < -0.3 is 10.6 Å². The van der Waals surface area contributed by atoms with Gasteiger partial charge in [0.2, 0.25) is 0 Å². The van der Waals surface area contributed by atoms with Crippen molar-refractivity contribution in [1.29, 1.82) is 0 Å². The van der Waals surface area contributed by atoms with E-state index in [0.29, 0.717) is 11.3 Å². The van der Waals surface area contributed by atoms with Crippen molar-refractivity contribution < 1.29 is 4.79 Å². The topological polar surface area (TPSA) is 46.3 Å². The van der Waals surface area contributed by atoms with Gasteiger partial charge in [0.1, 0.15) is 0 Å². The molecular weight excluding hydrogens is 224 g/mol. The van der Waals surface area contributed by atoms with E-state index in [1.165, 1.54) is 0 Å². The molecule has 0 saturated heterocycles. The number of carbonyl (C=O) groups is 1. The summed E-state index contributed by atoms with van der Waals surface area (Å²) in [4.78, 5) is 14.4. The van der Waals surface area contributed by atoms with E-state index in [1.54, 1.807) is 12.1 Å². The Hall–Kier alpha value is -1.51. The Morgan fingerprint density at radius 2 is 1.94 bits per heavy atom. The van der Waals surface area contributed by atoms with Crippen molar-refractivity contribution in [2.24, 2.45) is 0 Å². The first-order valence-electron chi connectivity index (χ1n) is 6.73. The van der Waals surface area contributed by atoms with E-state index >= 15 is 0 Å². The van der Waals surface area contributed by atoms with Crippen molar-refractivity contribution in [3.8, 4) is 0 Å². The van der Waals surface area contributed by atoms with Crippen LogP contribution in [0.3, 0.4) is 0 Å². The van der Waals surface area contributed by atoms with Gasteiger partial charge in [-0.2, -0.15) is 0 Å². The lowest BCUT2D eigenvalue weighted by Crippen LogP contribution is -2.38. The lowest BCUT2D eigenvalue weighted by atomic mass is 10.1. The lowest BCUT2D eigenvalue weighted by Gasteiger charge is -2.27. The molecule has 3 heteroatoms. The third-order valence-electron chi connectivity index (χ3n) is 3.08. The molecule has 0 aliphatic rings. The second kappa shape index (κ2) is 7.04. The molecular formula is C15H24N2O. The normalized spacial score (nSPS) is 10.7. The summed E-state index contributed by atoms with van der Waals surface area (Å²) in [6.45, 7) is 7.06. The van der Waals surface area contributed by atoms with Gasteiger partial charge in [0.05, 0.1) is 5.56 Å². The van der Waals surface area contributed by atoms with Crippen molar-refractivity contribution in [3.63, 3.8) is 0 Å².